The number of hydrogen-bond acceptors (Lipinski definition) is 4. The zero-order valence-electron chi connectivity index (χ0n) is 15.7. The van der Waals surface area contributed by atoms with Crippen molar-refractivity contribution in [1.29, 1.82) is 0 Å². The Bertz CT molecular complexity index is 873. The van der Waals surface area contributed by atoms with E-state index in [4.69, 9.17) is 4.98 Å². The van der Waals surface area contributed by atoms with Crippen LogP contribution in [0.25, 0.3) is 0 Å². The van der Waals surface area contributed by atoms with Crippen molar-refractivity contribution < 1.29 is 4.79 Å². The maximum Gasteiger partial charge on any atom is 0.254 e. The molecule has 1 atom stereocenters. The normalized spacial score (nSPS) is 21.6. The quantitative estimate of drug-likeness (QED) is 0.892. The molecule has 0 bridgehead atoms. The molecule has 27 heavy (non-hydrogen) atoms. The zero-order chi connectivity index (χ0) is 18.2. The molecule has 1 aromatic heterocycles. The van der Waals surface area contributed by atoms with Gasteiger partial charge in [-0.3, -0.25) is 4.79 Å². The molecule has 1 amide bonds. The van der Waals surface area contributed by atoms with Crippen LogP contribution < -0.4 is 5.32 Å². The van der Waals surface area contributed by atoms with Gasteiger partial charge in [-0.1, -0.05) is 6.07 Å². The molecule has 5 rings (SSSR count). The van der Waals surface area contributed by atoms with Crippen LogP contribution in [-0.4, -0.2) is 33.9 Å². The predicted octanol–water partition coefficient (Wildman–Crippen LogP) is 2.98. The monoisotopic (exact) mass is 362 g/mol. The molecular formula is C22H26N4O. The van der Waals surface area contributed by atoms with Crippen molar-refractivity contribution in [2.24, 2.45) is 0 Å². The number of rotatable bonds is 2. The van der Waals surface area contributed by atoms with Crippen molar-refractivity contribution in [3.63, 3.8) is 0 Å². The molecule has 3 heterocycles. The third kappa shape index (κ3) is 3.25. The summed E-state index contributed by atoms with van der Waals surface area (Å²) < 4.78 is 0. The average Bonchev–Trinajstić information content (AvgIpc) is 3.27. The zero-order valence-corrected chi connectivity index (χ0v) is 15.7. The number of carbonyl (C=O) groups is 1. The number of fused-ring (bicyclic) bond motifs is 2. The summed E-state index contributed by atoms with van der Waals surface area (Å²) in [6.07, 6.45) is 9.80. The minimum Gasteiger partial charge on any atom is -0.334 e. The SMILES string of the molecule is O=C(c1ccc2c(c1)CCCC2)N1CCc2nc([C@H]3CCCN3)ncc2C1. The number of aryl methyl sites for hydroxylation is 2. The third-order valence-corrected chi connectivity index (χ3v) is 6.21. The molecule has 2 aliphatic heterocycles. The van der Waals surface area contributed by atoms with Gasteiger partial charge in [-0.05, 0) is 68.3 Å². The Morgan fingerprint density at radius 3 is 2.81 bits per heavy atom. The van der Waals surface area contributed by atoms with Crippen LogP contribution in [-0.2, 0) is 25.8 Å². The highest BCUT2D eigenvalue weighted by Crippen LogP contribution is 2.26. The van der Waals surface area contributed by atoms with E-state index in [2.05, 4.69) is 22.4 Å². The molecule has 0 unspecified atom stereocenters. The largest absolute Gasteiger partial charge is 0.334 e. The van der Waals surface area contributed by atoms with E-state index in [0.717, 1.165) is 61.4 Å². The Morgan fingerprint density at radius 1 is 1.07 bits per heavy atom. The van der Waals surface area contributed by atoms with Gasteiger partial charge in [0, 0.05) is 36.8 Å². The van der Waals surface area contributed by atoms with E-state index in [0.29, 0.717) is 12.6 Å². The van der Waals surface area contributed by atoms with Crippen LogP contribution in [0.2, 0.25) is 0 Å². The van der Waals surface area contributed by atoms with Gasteiger partial charge in [0.1, 0.15) is 5.82 Å². The first kappa shape index (κ1) is 16.9. The summed E-state index contributed by atoms with van der Waals surface area (Å²) in [5.41, 5.74) is 5.81. The Labute approximate surface area is 160 Å². The molecule has 1 fully saturated rings. The van der Waals surface area contributed by atoms with Crippen LogP contribution in [0.5, 0.6) is 0 Å². The lowest BCUT2D eigenvalue weighted by atomic mass is 9.90. The van der Waals surface area contributed by atoms with Crippen molar-refractivity contribution >= 4 is 5.91 Å². The molecule has 2 aromatic rings. The van der Waals surface area contributed by atoms with Crippen molar-refractivity contribution in [1.82, 2.24) is 20.2 Å². The molecule has 1 aliphatic carbocycles. The summed E-state index contributed by atoms with van der Waals surface area (Å²) in [6, 6.07) is 6.58. The fraction of sp³-hybridized carbons (Fsp3) is 0.500. The first-order chi connectivity index (χ1) is 13.3. The number of amides is 1. The number of benzene rings is 1. The molecule has 3 aliphatic rings. The maximum atomic E-state index is 13.0. The lowest BCUT2D eigenvalue weighted by molar-refractivity contribution is 0.0733. The van der Waals surface area contributed by atoms with Gasteiger partial charge in [-0.2, -0.15) is 0 Å². The highest BCUT2D eigenvalue weighted by molar-refractivity contribution is 5.94. The van der Waals surface area contributed by atoms with Crippen LogP contribution in [0.1, 0.15) is 70.3 Å². The second-order valence-corrected chi connectivity index (χ2v) is 8.02. The maximum absolute atomic E-state index is 13.0. The first-order valence-electron chi connectivity index (χ1n) is 10.3. The van der Waals surface area contributed by atoms with Crippen molar-refractivity contribution in [2.45, 2.75) is 57.5 Å². The minimum absolute atomic E-state index is 0.135. The molecule has 1 N–H and O–H groups in total. The summed E-state index contributed by atoms with van der Waals surface area (Å²) in [4.78, 5) is 24.4. The van der Waals surface area contributed by atoms with Gasteiger partial charge in [0.2, 0.25) is 0 Å². The van der Waals surface area contributed by atoms with Gasteiger partial charge >= 0.3 is 0 Å². The Balaban J connectivity index is 1.33. The van der Waals surface area contributed by atoms with E-state index in [1.165, 1.54) is 30.4 Å². The summed E-state index contributed by atoms with van der Waals surface area (Å²) in [5, 5.41) is 3.46. The Hall–Kier alpha value is -2.27. The third-order valence-electron chi connectivity index (χ3n) is 6.21. The smallest absolute Gasteiger partial charge is 0.254 e. The lowest BCUT2D eigenvalue weighted by Gasteiger charge is -2.29. The van der Waals surface area contributed by atoms with Crippen LogP contribution in [0.15, 0.2) is 24.4 Å². The predicted molar refractivity (Wildman–Crippen MR) is 104 cm³/mol. The molecular weight excluding hydrogens is 336 g/mol. The van der Waals surface area contributed by atoms with Crippen molar-refractivity contribution in [3.05, 3.63) is 58.2 Å². The van der Waals surface area contributed by atoms with Crippen LogP contribution in [0.4, 0.5) is 0 Å². The van der Waals surface area contributed by atoms with Gasteiger partial charge in [-0.15, -0.1) is 0 Å². The molecule has 5 heteroatoms. The molecule has 1 aromatic carbocycles. The number of hydrogen-bond donors (Lipinski definition) is 1. The molecule has 1 saturated heterocycles. The van der Waals surface area contributed by atoms with Gasteiger partial charge in [0.05, 0.1) is 11.7 Å². The Morgan fingerprint density at radius 2 is 1.96 bits per heavy atom. The second kappa shape index (κ2) is 7.04. The molecule has 140 valence electrons. The summed E-state index contributed by atoms with van der Waals surface area (Å²) in [5.74, 6) is 1.05. The first-order valence-corrected chi connectivity index (χ1v) is 10.3. The number of aromatic nitrogens is 2. The fourth-order valence-corrected chi connectivity index (χ4v) is 4.63. The highest BCUT2D eigenvalue weighted by atomic mass is 16.2. The van der Waals surface area contributed by atoms with E-state index in [1.54, 1.807) is 0 Å². The van der Waals surface area contributed by atoms with Crippen LogP contribution in [0.3, 0.4) is 0 Å². The molecule has 0 radical (unpaired) electrons. The topological polar surface area (TPSA) is 58.1 Å². The summed E-state index contributed by atoms with van der Waals surface area (Å²) >= 11 is 0. The Kier molecular flexibility index (Phi) is 4.40. The van der Waals surface area contributed by atoms with Crippen LogP contribution >= 0.6 is 0 Å². The van der Waals surface area contributed by atoms with E-state index in [-0.39, 0.29) is 5.91 Å². The second-order valence-electron chi connectivity index (χ2n) is 8.02. The van der Waals surface area contributed by atoms with Crippen molar-refractivity contribution in [3.8, 4) is 0 Å². The number of carbonyl (C=O) groups excluding carboxylic acids is 1. The van der Waals surface area contributed by atoms with Crippen molar-refractivity contribution in [2.75, 3.05) is 13.1 Å². The summed E-state index contributed by atoms with van der Waals surface area (Å²) in [7, 11) is 0. The van der Waals surface area contributed by atoms with Gasteiger partial charge in [-0.25, -0.2) is 9.97 Å². The summed E-state index contributed by atoms with van der Waals surface area (Å²) in [6.45, 7) is 2.40. The molecule has 0 saturated carbocycles. The van der Waals surface area contributed by atoms with Crippen LogP contribution in [0, 0.1) is 0 Å². The van der Waals surface area contributed by atoms with E-state index < -0.39 is 0 Å². The number of nitrogens with zero attached hydrogens (tertiary/aromatic N) is 3. The fourth-order valence-electron chi connectivity index (χ4n) is 4.63. The molecule has 0 spiro atoms. The van der Waals surface area contributed by atoms with Gasteiger partial charge < -0.3 is 10.2 Å². The van der Waals surface area contributed by atoms with E-state index in [9.17, 15) is 4.79 Å². The standard InChI is InChI=1S/C22H26N4O/c27-22(17-8-7-15-4-1-2-5-16(15)12-17)26-11-9-19-18(14-26)13-24-21(25-19)20-6-3-10-23-20/h7-8,12-13,20,23H,1-6,9-11,14H2/t20-/m1/s1. The average molecular weight is 362 g/mol. The lowest BCUT2D eigenvalue weighted by Crippen LogP contribution is -2.37. The van der Waals surface area contributed by atoms with E-state index >= 15 is 0 Å². The van der Waals surface area contributed by atoms with Gasteiger partial charge in [0.25, 0.3) is 5.91 Å². The van der Waals surface area contributed by atoms with E-state index in [1.807, 2.05) is 17.2 Å². The minimum atomic E-state index is 0.135. The highest BCUT2D eigenvalue weighted by Gasteiger charge is 2.26. The number of nitrogens with one attached hydrogen (secondary N) is 1. The van der Waals surface area contributed by atoms with Gasteiger partial charge in [0.15, 0.2) is 0 Å². The molecule has 5 nitrogen and oxygen atoms in total.